The molecule has 3 rings (SSSR count). The molecule has 1 atom stereocenters. The number of fused-ring (bicyclic) bond motifs is 1. The van der Waals surface area contributed by atoms with Crippen molar-refractivity contribution in [3.05, 3.63) is 41.5 Å². The van der Waals surface area contributed by atoms with Gasteiger partial charge in [0.15, 0.2) is 0 Å². The maximum absolute atomic E-state index is 5.55. The molecule has 1 unspecified atom stereocenters. The average Bonchev–Trinajstić information content (AvgIpc) is 2.97. The van der Waals surface area contributed by atoms with Crippen molar-refractivity contribution in [3.8, 4) is 5.75 Å². The monoisotopic (exact) mass is 300 g/mol. The molecule has 0 spiro atoms. The van der Waals surface area contributed by atoms with Crippen LogP contribution in [-0.4, -0.2) is 21.4 Å². The fourth-order valence-corrected chi connectivity index (χ4v) is 2.93. The summed E-state index contributed by atoms with van der Waals surface area (Å²) in [6, 6.07) is 8.41. The second-order valence-electron chi connectivity index (χ2n) is 5.77. The topological polar surface area (TPSA) is 52.0 Å². The Kier molecular flexibility index (Phi) is 4.73. The van der Waals surface area contributed by atoms with Gasteiger partial charge in [-0.1, -0.05) is 12.1 Å². The van der Waals surface area contributed by atoms with Crippen LogP contribution in [0.5, 0.6) is 5.75 Å². The van der Waals surface area contributed by atoms with Crippen LogP contribution in [0.3, 0.4) is 0 Å². The van der Waals surface area contributed by atoms with Crippen molar-refractivity contribution in [3.63, 3.8) is 0 Å². The van der Waals surface area contributed by atoms with Gasteiger partial charge < -0.3 is 14.6 Å². The smallest absolute Gasteiger partial charge is 0.149 e. The number of nitrogens with zero attached hydrogens (tertiary/aromatic N) is 3. The van der Waals surface area contributed by atoms with Crippen LogP contribution in [0.2, 0.25) is 0 Å². The summed E-state index contributed by atoms with van der Waals surface area (Å²) in [7, 11) is 0. The summed E-state index contributed by atoms with van der Waals surface area (Å²) in [6.45, 7) is 6.69. The third kappa shape index (κ3) is 3.30. The third-order valence-corrected chi connectivity index (χ3v) is 4.10. The molecular weight excluding hydrogens is 276 g/mol. The van der Waals surface area contributed by atoms with E-state index < -0.39 is 0 Å². The molecule has 0 bridgehead atoms. The normalized spacial score (nSPS) is 15.4. The first kappa shape index (κ1) is 15.0. The van der Waals surface area contributed by atoms with Gasteiger partial charge >= 0.3 is 0 Å². The third-order valence-electron chi connectivity index (χ3n) is 4.10. The van der Waals surface area contributed by atoms with Gasteiger partial charge in [-0.05, 0) is 44.4 Å². The van der Waals surface area contributed by atoms with Gasteiger partial charge in [0, 0.05) is 19.5 Å². The van der Waals surface area contributed by atoms with Crippen LogP contribution in [-0.2, 0) is 19.5 Å². The molecule has 1 N–H and O–H groups in total. The second-order valence-corrected chi connectivity index (χ2v) is 5.77. The highest BCUT2D eigenvalue weighted by Crippen LogP contribution is 2.19. The Morgan fingerprint density at radius 3 is 3.09 bits per heavy atom. The Balaban J connectivity index is 1.63. The fourth-order valence-electron chi connectivity index (χ4n) is 2.93. The standard InChI is InChI=1S/C17H24N4O/c1-3-22-15-8-6-7-14(11-15)12-18-13(2)17-20-19-16-9-4-5-10-21(16)17/h6-8,11,13,18H,3-5,9-10,12H2,1-2H3. The van der Waals surface area contributed by atoms with Crippen molar-refractivity contribution in [1.82, 2.24) is 20.1 Å². The molecule has 1 aliphatic rings. The van der Waals surface area contributed by atoms with Crippen LogP contribution in [0.25, 0.3) is 0 Å². The Labute approximate surface area is 131 Å². The summed E-state index contributed by atoms with van der Waals surface area (Å²) in [5, 5.41) is 12.2. The maximum atomic E-state index is 5.55. The van der Waals surface area contributed by atoms with Crippen molar-refractivity contribution in [1.29, 1.82) is 0 Å². The molecule has 5 nitrogen and oxygen atoms in total. The van der Waals surface area contributed by atoms with Gasteiger partial charge in [-0.3, -0.25) is 0 Å². The molecule has 0 saturated heterocycles. The van der Waals surface area contributed by atoms with Gasteiger partial charge in [-0.15, -0.1) is 10.2 Å². The summed E-state index contributed by atoms with van der Waals surface area (Å²) < 4.78 is 7.82. The van der Waals surface area contributed by atoms with E-state index in [9.17, 15) is 0 Å². The Morgan fingerprint density at radius 1 is 1.32 bits per heavy atom. The predicted molar refractivity (Wildman–Crippen MR) is 85.8 cm³/mol. The van der Waals surface area contributed by atoms with Crippen molar-refractivity contribution in [2.24, 2.45) is 0 Å². The first-order valence-electron chi connectivity index (χ1n) is 8.15. The molecule has 0 saturated carbocycles. The lowest BCUT2D eigenvalue weighted by atomic mass is 10.1. The highest BCUT2D eigenvalue weighted by Gasteiger charge is 2.19. The lowest BCUT2D eigenvalue weighted by molar-refractivity contribution is 0.339. The molecule has 2 aromatic rings. The van der Waals surface area contributed by atoms with Crippen LogP contribution in [0.15, 0.2) is 24.3 Å². The summed E-state index contributed by atoms with van der Waals surface area (Å²) in [5.74, 6) is 3.11. The minimum Gasteiger partial charge on any atom is -0.494 e. The highest BCUT2D eigenvalue weighted by atomic mass is 16.5. The molecule has 22 heavy (non-hydrogen) atoms. The van der Waals surface area contributed by atoms with Crippen LogP contribution >= 0.6 is 0 Å². The van der Waals surface area contributed by atoms with E-state index in [0.717, 1.165) is 36.9 Å². The van der Waals surface area contributed by atoms with E-state index in [0.29, 0.717) is 6.61 Å². The largest absolute Gasteiger partial charge is 0.494 e. The number of ether oxygens (including phenoxy) is 1. The molecule has 0 fully saturated rings. The van der Waals surface area contributed by atoms with Gasteiger partial charge in [-0.25, -0.2) is 0 Å². The van der Waals surface area contributed by atoms with Crippen LogP contribution in [0.4, 0.5) is 0 Å². The molecule has 1 aliphatic heterocycles. The van der Waals surface area contributed by atoms with E-state index in [2.05, 4.69) is 39.1 Å². The Bertz CT molecular complexity index is 623. The van der Waals surface area contributed by atoms with E-state index in [-0.39, 0.29) is 6.04 Å². The summed E-state index contributed by atoms with van der Waals surface area (Å²) >= 11 is 0. The van der Waals surface area contributed by atoms with Crippen molar-refractivity contribution >= 4 is 0 Å². The highest BCUT2D eigenvalue weighted by molar-refractivity contribution is 5.28. The zero-order valence-electron chi connectivity index (χ0n) is 13.4. The Morgan fingerprint density at radius 2 is 2.23 bits per heavy atom. The molecule has 118 valence electrons. The van der Waals surface area contributed by atoms with E-state index in [4.69, 9.17) is 4.74 Å². The molecule has 5 heteroatoms. The van der Waals surface area contributed by atoms with Crippen molar-refractivity contribution < 1.29 is 4.74 Å². The van der Waals surface area contributed by atoms with Crippen LogP contribution in [0.1, 0.15) is 49.9 Å². The molecule has 0 aliphatic carbocycles. The SMILES string of the molecule is CCOc1cccc(CNC(C)c2nnc3n2CCCC3)c1. The van der Waals surface area contributed by atoms with Gasteiger partial charge in [0.05, 0.1) is 12.6 Å². The van der Waals surface area contributed by atoms with Crippen molar-refractivity contribution in [2.45, 2.75) is 52.2 Å². The summed E-state index contributed by atoms with van der Waals surface area (Å²) in [5.41, 5.74) is 1.22. The fraction of sp³-hybridized carbons (Fsp3) is 0.529. The minimum absolute atomic E-state index is 0.190. The number of benzene rings is 1. The molecule has 1 aromatic carbocycles. The number of aromatic nitrogens is 3. The number of hydrogen-bond donors (Lipinski definition) is 1. The van der Waals surface area contributed by atoms with Gasteiger partial charge in [-0.2, -0.15) is 0 Å². The van der Waals surface area contributed by atoms with Gasteiger partial charge in [0.1, 0.15) is 17.4 Å². The number of rotatable bonds is 6. The summed E-state index contributed by atoms with van der Waals surface area (Å²) in [6.07, 6.45) is 3.50. The molecule has 0 radical (unpaired) electrons. The summed E-state index contributed by atoms with van der Waals surface area (Å²) in [4.78, 5) is 0. The number of hydrogen-bond acceptors (Lipinski definition) is 4. The van der Waals surface area contributed by atoms with E-state index in [1.807, 2.05) is 19.1 Å². The molecule has 1 aromatic heterocycles. The van der Waals surface area contributed by atoms with Gasteiger partial charge in [0.25, 0.3) is 0 Å². The molecule has 2 heterocycles. The van der Waals surface area contributed by atoms with Crippen LogP contribution in [0, 0.1) is 0 Å². The number of nitrogens with one attached hydrogen (secondary N) is 1. The van der Waals surface area contributed by atoms with E-state index >= 15 is 0 Å². The van der Waals surface area contributed by atoms with Crippen molar-refractivity contribution in [2.75, 3.05) is 6.61 Å². The second kappa shape index (κ2) is 6.92. The zero-order valence-corrected chi connectivity index (χ0v) is 13.4. The predicted octanol–water partition coefficient (Wildman–Crippen LogP) is 2.86. The minimum atomic E-state index is 0.190. The lowest BCUT2D eigenvalue weighted by Crippen LogP contribution is -2.23. The average molecular weight is 300 g/mol. The van der Waals surface area contributed by atoms with Crippen LogP contribution < -0.4 is 10.1 Å². The number of aryl methyl sites for hydroxylation is 1. The lowest BCUT2D eigenvalue weighted by Gasteiger charge is -2.19. The van der Waals surface area contributed by atoms with E-state index in [1.54, 1.807) is 0 Å². The Hall–Kier alpha value is -1.88. The molecular formula is C17H24N4O. The van der Waals surface area contributed by atoms with Gasteiger partial charge in [0.2, 0.25) is 0 Å². The molecule has 0 amide bonds. The first-order valence-corrected chi connectivity index (χ1v) is 8.15. The van der Waals surface area contributed by atoms with E-state index in [1.165, 1.54) is 18.4 Å². The quantitative estimate of drug-likeness (QED) is 0.891. The maximum Gasteiger partial charge on any atom is 0.149 e. The first-order chi connectivity index (χ1) is 10.8. The zero-order chi connectivity index (χ0) is 15.4.